The van der Waals surface area contributed by atoms with Crippen molar-refractivity contribution in [3.8, 4) is 0 Å². The Balaban J connectivity index is 2.22. The predicted molar refractivity (Wildman–Crippen MR) is 96.6 cm³/mol. The van der Waals surface area contributed by atoms with Crippen LogP contribution in [0.15, 0.2) is 17.0 Å². The van der Waals surface area contributed by atoms with Gasteiger partial charge in [-0.05, 0) is 58.5 Å². The number of carbonyl (C=O) groups excluding carboxylic acids is 2. The average molecular weight is 340 g/mol. The van der Waals surface area contributed by atoms with Crippen LogP contribution in [0.5, 0.6) is 0 Å². The van der Waals surface area contributed by atoms with Gasteiger partial charge in [-0.25, -0.2) is 10.0 Å². The lowest BCUT2D eigenvalue weighted by Gasteiger charge is -2.36. The van der Waals surface area contributed by atoms with Gasteiger partial charge in [0, 0.05) is 6.54 Å². The molecule has 0 atom stereocenters. The van der Waals surface area contributed by atoms with Crippen LogP contribution in [-0.4, -0.2) is 58.6 Å². The fourth-order valence-electron chi connectivity index (χ4n) is 2.61. The molecule has 0 spiro atoms. The molecule has 2 aliphatic rings. The first-order valence-corrected chi connectivity index (χ1v) is 10.6. The van der Waals surface area contributed by atoms with E-state index in [0.717, 1.165) is 18.6 Å². The number of hydrogen-bond donors (Lipinski definition) is 2. The van der Waals surface area contributed by atoms with Gasteiger partial charge in [0.05, 0.1) is 16.0 Å². The molecule has 0 aromatic heterocycles. The zero-order valence-electron chi connectivity index (χ0n) is 14.9. The van der Waals surface area contributed by atoms with Gasteiger partial charge in [0.25, 0.3) is 0 Å². The van der Waals surface area contributed by atoms with E-state index in [1.807, 2.05) is 20.8 Å². The van der Waals surface area contributed by atoms with E-state index in [9.17, 15) is 9.59 Å². The maximum atomic E-state index is 12.8. The summed E-state index contributed by atoms with van der Waals surface area (Å²) in [6.07, 6.45) is 10.8. The third kappa shape index (κ3) is 3.45. The molecule has 1 fully saturated rings. The minimum Gasteiger partial charge on any atom is -0.310 e. The molecular formula is C16H28N4O2S. The van der Waals surface area contributed by atoms with Crippen LogP contribution in [-0.2, 0) is 9.59 Å². The molecule has 6 nitrogen and oxygen atoms in total. The number of nitrogens with zero attached hydrogens (tertiary/aromatic N) is 2. The molecule has 2 amide bonds. The van der Waals surface area contributed by atoms with E-state index in [2.05, 4.69) is 34.5 Å². The maximum absolute atomic E-state index is 12.8. The minimum absolute atomic E-state index is 0.00536. The summed E-state index contributed by atoms with van der Waals surface area (Å²) >= 11 is 0. The van der Waals surface area contributed by atoms with Gasteiger partial charge in [0.15, 0.2) is 0 Å². The predicted octanol–water partition coefficient (Wildman–Crippen LogP) is 1.39. The number of hydrogen-bond acceptors (Lipinski definition) is 4. The third-order valence-corrected chi connectivity index (χ3v) is 7.82. The molecule has 0 bridgehead atoms. The van der Waals surface area contributed by atoms with E-state index >= 15 is 0 Å². The summed E-state index contributed by atoms with van der Waals surface area (Å²) < 4.78 is -0.268. The summed E-state index contributed by atoms with van der Waals surface area (Å²) in [6.45, 7) is 6.44. The van der Waals surface area contributed by atoms with E-state index in [0.29, 0.717) is 18.8 Å². The zero-order chi connectivity index (χ0) is 17.5. The summed E-state index contributed by atoms with van der Waals surface area (Å²) in [6, 6.07) is 0. The van der Waals surface area contributed by atoms with Crippen LogP contribution in [0.1, 0.15) is 33.6 Å². The number of nitrogens with one attached hydrogen (secondary N) is 2. The van der Waals surface area contributed by atoms with Crippen molar-refractivity contribution in [1.82, 2.24) is 15.6 Å². The Labute approximate surface area is 140 Å². The summed E-state index contributed by atoms with van der Waals surface area (Å²) in [5.74, 6) is 0.438. The fraction of sp³-hybridized carbons (Fsp3) is 0.688. The van der Waals surface area contributed by atoms with E-state index in [-0.39, 0.29) is 16.2 Å². The van der Waals surface area contributed by atoms with Gasteiger partial charge >= 0.3 is 0 Å². The lowest BCUT2D eigenvalue weighted by Crippen LogP contribution is -2.49. The molecule has 1 heterocycles. The Morgan fingerprint density at radius 2 is 2.00 bits per heavy atom. The highest BCUT2D eigenvalue weighted by Gasteiger charge is 2.56. The normalized spacial score (nSPS) is 28.3. The molecule has 1 aliphatic heterocycles. The van der Waals surface area contributed by atoms with Gasteiger partial charge < -0.3 is 10.6 Å². The van der Waals surface area contributed by atoms with Crippen LogP contribution in [0.3, 0.4) is 0 Å². The highest BCUT2D eigenvalue weighted by Crippen LogP contribution is 2.64. The van der Waals surface area contributed by atoms with Crippen LogP contribution in [0.2, 0.25) is 0 Å². The van der Waals surface area contributed by atoms with Crippen LogP contribution in [0, 0.1) is 0 Å². The SMILES string of the molecule is C/C1=N\N(C=O)/C(NC(=O)C2(S(C)(C)C)CC2)=C/CNC1(C)C. The van der Waals surface area contributed by atoms with Gasteiger partial charge in [0.2, 0.25) is 12.3 Å². The first-order valence-electron chi connectivity index (χ1n) is 7.78. The van der Waals surface area contributed by atoms with Crippen molar-refractivity contribution < 1.29 is 9.59 Å². The average Bonchev–Trinajstić information content (AvgIpc) is 3.23. The van der Waals surface area contributed by atoms with Gasteiger partial charge in [-0.1, -0.05) is 0 Å². The Kier molecular flexibility index (Phi) is 4.65. The zero-order valence-corrected chi connectivity index (χ0v) is 15.7. The lowest BCUT2D eigenvalue weighted by atomic mass is 9.99. The highest BCUT2D eigenvalue weighted by atomic mass is 32.3. The molecule has 1 saturated carbocycles. The lowest BCUT2D eigenvalue weighted by molar-refractivity contribution is -0.121. The van der Waals surface area contributed by atoms with Crippen molar-refractivity contribution in [2.24, 2.45) is 5.10 Å². The van der Waals surface area contributed by atoms with Crippen molar-refractivity contribution >= 4 is 28.1 Å². The molecule has 0 aromatic carbocycles. The molecule has 2 N–H and O–H groups in total. The first-order chi connectivity index (χ1) is 10.5. The largest absolute Gasteiger partial charge is 0.310 e. The molecule has 0 aromatic rings. The minimum atomic E-state index is -1.01. The second-order valence-corrected chi connectivity index (χ2v) is 12.0. The van der Waals surface area contributed by atoms with Crippen LogP contribution in [0.4, 0.5) is 0 Å². The summed E-state index contributed by atoms with van der Waals surface area (Å²) in [4.78, 5) is 24.2. The molecule has 7 heteroatoms. The molecular weight excluding hydrogens is 312 g/mol. The number of hydrazone groups is 1. The van der Waals surface area contributed by atoms with Crippen molar-refractivity contribution in [2.75, 3.05) is 25.3 Å². The summed E-state index contributed by atoms with van der Waals surface area (Å²) in [7, 11) is -1.01. The Morgan fingerprint density at radius 1 is 1.39 bits per heavy atom. The Bertz CT molecular complexity index is 571. The molecule has 0 unspecified atom stereocenters. The van der Waals surface area contributed by atoms with Crippen LogP contribution < -0.4 is 10.6 Å². The molecule has 0 radical (unpaired) electrons. The van der Waals surface area contributed by atoms with Gasteiger partial charge in [0.1, 0.15) is 5.82 Å². The van der Waals surface area contributed by atoms with Crippen molar-refractivity contribution in [1.29, 1.82) is 0 Å². The van der Waals surface area contributed by atoms with E-state index in [4.69, 9.17) is 0 Å². The second-order valence-electron chi connectivity index (χ2n) is 7.52. The molecule has 0 saturated heterocycles. The monoisotopic (exact) mass is 340 g/mol. The summed E-state index contributed by atoms with van der Waals surface area (Å²) in [5.41, 5.74) is 0.479. The molecule has 23 heavy (non-hydrogen) atoms. The van der Waals surface area contributed by atoms with Crippen LogP contribution >= 0.6 is 10.0 Å². The second kappa shape index (κ2) is 5.94. The number of amides is 2. The fourth-order valence-corrected chi connectivity index (χ4v) is 4.55. The van der Waals surface area contributed by atoms with Crippen molar-refractivity contribution in [2.45, 2.75) is 43.9 Å². The molecule has 130 valence electrons. The third-order valence-electron chi connectivity index (χ3n) is 4.88. The Morgan fingerprint density at radius 3 is 2.48 bits per heavy atom. The van der Waals surface area contributed by atoms with Gasteiger partial charge in [-0.2, -0.15) is 10.1 Å². The Hall–Kier alpha value is -1.34. The first kappa shape index (κ1) is 18.0. The topological polar surface area (TPSA) is 73.8 Å². The molecule has 2 rings (SSSR count). The number of rotatable bonds is 4. The maximum Gasteiger partial charge on any atom is 0.240 e. The van der Waals surface area contributed by atoms with Gasteiger partial charge in [-0.15, -0.1) is 0 Å². The van der Waals surface area contributed by atoms with E-state index in [1.165, 1.54) is 5.01 Å². The van der Waals surface area contributed by atoms with Crippen molar-refractivity contribution in [3.05, 3.63) is 11.9 Å². The van der Waals surface area contributed by atoms with Gasteiger partial charge in [-0.3, -0.25) is 9.59 Å². The highest BCUT2D eigenvalue weighted by molar-refractivity contribution is 8.33. The van der Waals surface area contributed by atoms with Crippen molar-refractivity contribution in [3.63, 3.8) is 0 Å². The standard InChI is InChI=1S/C16H28N4O2S/c1-12-15(2,3)17-10-7-13(20(11-21)19-12)18-14(22)16(8-9-16)23(4,5)6/h7,11,17H,8-10H2,1-6H3,(H,18,22)/b13-7+,19-12+. The summed E-state index contributed by atoms with van der Waals surface area (Å²) in [5, 5.41) is 11.9. The van der Waals surface area contributed by atoms with E-state index < -0.39 is 10.0 Å². The molecule has 1 aliphatic carbocycles. The number of carbonyl (C=O) groups is 2. The van der Waals surface area contributed by atoms with Crippen LogP contribution in [0.25, 0.3) is 0 Å². The smallest absolute Gasteiger partial charge is 0.240 e. The quantitative estimate of drug-likeness (QED) is 0.760. The van der Waals surface area contributed by atoms with E-state index in [1.54, 1.807) is 6.08 Å².